The number of nitrogens with zero attached hydrogens (tertiary/aromatic N) is 1. The predicted molar refractivity (Wildman–Crippen MR) is 79.8 cm³/mol. The molecular weight excluding hydrogens is 249 g/mol. The molecule has 0 aromatic heterocycles. The molecule has 0 heterocycles. The topological polar surface area (TPSA) is 23.8 Å². The zero-order chi connectivity index (χ0) is 14.4. The Morgan fingerprint density at radius 1 is 1.15 bits per heavy atom. The van der Waals surface area contributed by atoms with E-state index >= 15 is 0 Å². The van der Waals surface area contributed by atoms with E-state index in [1.54, 1.807) is 6.07 Å². The van der Waals surface area contributed by atoms with E-state index < -0.39 is 0 Å². The van der Waals surface area contributed by atoms with E-state index in [-0.39, 0.29) is 11.4 Å². The average molecular weight is 273 g/mol. The molecule has 1 aromatic carbocycles. The summed E-state index contributed by atoms with van der Waals surface area (Å²) in [4.78, 5) is 0. The van der Waals surface area contributed by atoms with Crippen molar-refractivity contribution in [3.63, 3.8) is 0 Å². The molecule has 1 saturated carbocycles. The Balaban J connectivity index is 1.79. The Labute approximate surface area is 121 Å². The quantitative estimate of drug-likeness (QED) is 0.720. The summed E-state index contributed by atoms with van der Waals surface area (Å²) in [7, 11) is 0. The molecule has 1 nitrogen and oxygen atoms in total. The number of hydrogen-bond donors (Lipinski definition) is 0. The van der Waals surface area contributed by atoms with E-state index in [2.05, 4.69) is 6.92 Å². The fourth-order valence-corrected chi connectivity index (χ4v) is 3.39. The molecule has 1 aromatic rings. The molecule has 0 bridgehead atoms. The lowest BCUT2D eigenvalue weighted by molar-refractivity contribution is 0.252. The van der Waals surface area contributed by atoms with Gasteiger partial charge in [-0.05, 0) is 42.4 Å². The molecule has 0 amide bonds. The highest BCUT2D eigenvalue weighted by Gasteiger charge is 2.20. The van der Waals surface area contributed by atoms with Crippen LogP contribution in [0.4, 0.5) is 4.39 Å². The van der Waals surface area contributed by atoms with Crippen LogP contribution < -0.4 is 0 Å². The van der Waals surface area contributed by atoms with Gasteiger partial charge in [0.1, 0.15) is 11.9 Å². The van der Waals surface area contributed by atoms with Crippen LogP contribution in [0.5, 0.6) is 0 Å². The SMILES string of the molecule is CCCC1CCC(CCc2ccc(C#N)c(F)c2)CC1. The largest absolute Gasteiger partial charge is 0.206 e. The first-order valence-electron chi connectivity index (χ1n) is 7.91. The summed E-state index contributed by atoms with van der Waals surface area (Å²) in [6.45, 7) is 2.27. The van der Waals surface area contributed by atoms with Gasteiger partial charge in [-0.25, -0.2) is 4.39 Å². The molecule has 0 spiro atoms. The predicted octanol–water partition coefficient (Wildman–Crippen LogP) is 5.24. The van der Waals surface area contributed by atoms with Crippen molar-refractivity contribution in [3.8, 4) is 6.07 Å². The van der Waals surface area contributed by atoms with Crippen LogP contribution in [0.3, 0.4) is 0 Å². The third kappa shape index (κ3) is 4.07. The Morgan fingerprint density at radius 3 is 2.35 bits per heavy atom. The lowest BCUT2D eigenvalue weighted by Gasteiger charge is -2.28. The first-order chi connectivity index (χ1) is 9.72. The molecule has 0 atom stereocenters. The molecule has 0 N–H and O–H groups in total. The van der Waals surface area contributed by atoms with Gasteiger partial charge in [-0.3, -0.25) is 0 Å². The average Bonchev–Trinajstić information content (AvgIpc) is 2.47. The molecule has 20 heavy (non-hydrogen) atoms. The van der Waals surface area contributed by atoms with E-state index in [0.717, 1.165) is 30.2 Å². The van der Waals surface area contributed by atoms with Crippen molar-refractivity contribution in [2.75, 3.05) is 0 Å². The Hall–Kier alpha value is -1.36. The minimum atomic E-state index is -0.378. The van der Waals surface area contributed by atoms with Gasteiger partial charge in [-0.2, -0.15) is 5.26 Å². The summed E-state index contributed by atoms with van der Waals surface area (Å²) in [5.41, 5.74) is 1.17. The highest BCUT2D eigenvalue weighted by molar-refractivity contribution is 5.33. The number of nitriles is 1. The fourth-order valence-electron chi connectivity index (χ4n) is 3.39. The van der Waals surface area contributed by atoms with Crippen molar-refractivity contribution >= 4 is 0 Å². The second-order valence-electron chi connectivity index (χ2n) is 6.14. The number of aryl methyl sites for hydroxylation is 1. The van der Waals surface area contributed by atoms with Crippen LogP contribution in [0, 0.1) is 29.0 Å². The standard InChI is InChI=1S/C18H24FN/c1-2-3-14-4-6-15(7-5-14)8-9-16-10-11-17(13-20)18(19)12-16/h10-12,14-15H,2-9H2,1H3. The third-order valence-electron chi connectivity index (χ3n) is 4.66. The van der Waals surface area contributed by atoms with E-state index in [0.29, 0.717) is 0 Å². The van der Waals surface area contributed by atoms with E-state index in [1.807, 2.05) is 12.1 Å². The van der Waals surface area contributed by atoms with Crippen LogP contribution in [0.1, 0.15) is 63.0 Å². The van der Waals surface area contributed by atoms with Crippen molar-refractivity contribution < 1.29 is 4.39 Å². The fraction of sp³-hybridized carbons (Fsp3) is 0.611. The minimum Gasteiger partial charge on any atom is -0.206 e. The van der Waals surface area contributed by atoms with Crippen LogP contribution in [0.15, 0.2) is 18.2 Å². The maximum atomic E-state index is 13.5. The molecule has 0 saturated heterocycles. The van der Waals surface area contributed by atoms with Gasteiger partial charge in [-0.1, -0.05) is 51.5 Å². The zero-order valence-electron chi connectivity index (χ0n) is 12.4. The monoisotopic (exact) mass is 273 g/mol. The van der Waals surface area contributed by atoms with Gasteiger partial charge in [0.25, 0.3) is 0 Å². The van der Waals surface area contributed by atoms with Crippen LogP contribution >= 0.6 is 0 Å². The van der Waals surface area contributed by atoms with E-state index in [4.69, 9.17) is 5.26 Å². The third-order valence-corrected chi connectivity index (χ3v) is 4.66. The summed E-state index contributed by atoms with van der Waals surface area (Å²) in [6, 6.07) is 6.89. The number of halogens is 1. The van der Waals surface area contributed by atoms with Crippen molar-refractivity contribution in [1.82, 2.24) is 0 Å². The molecule has 1 fully saturated rings. The normalized spacial score (nSPS) is 22.4. The van der Waals surface area contributed by atoms with Gasteiger partial charge >= 0.3 is 0 Å². The molecule has 1 aliphatic carbocycles. The molecule has 0 radical (unpaired) electrons. The second-order valence-corrected chi connectivity index (χ2v) is 6.14. The Morgan fingerprint density at radius 2 is 1.80 bits per heavy atom. The molecule has 0 unspecified atom stereocenters. The summed E-state index contributed by atoms with van der Waals surface area (Å²) in [5.74, 6) is 1.38. The van der Waals surface area contributed by atoms with Gasteiger partial charge in [0, 0.05) is 0 Å². The molecule has 1 aliphatic rings. The summed E-state index contributed by atoms with van der Waals surface area (Å²) in [6.07, 6.45) is 10.2. The first kappa shape index (κ1) is 15.0. The lowest BCUT2D eigenvalue weighted by Crippen LogP contribution is -2.15. The summed E-state index contributed by atoms with van der Waals surface area (Å²) in [5, 5.41) is 8.72. The zero-order valence-corrected chi connectivity index (χ0v) is 12.4. The number of hydrogen-bond acceptors (Lipinski definition) is 1. The Bertz CT molecular complexity index is 467. The van der Waals surface area contributed by atoms with Crippen molar-refractivity contribution in [3.05, 3.63) is 35.1 Å². The maximum Gasteiger partial charge on any atom is 0.141 e. The van der Waals surface area contributed by atoms with E-state index in [1.165, 1.54) is 44.6 Å². The minimum absolute atomic E-state index is 0.147. The molecular formula is C18H24FN. The number of rotatable bonds is 5. The first-order valence-corrected chi connectivity index (χ1v) is 7.91. The summed E-state index contributed by atoms with van der Waals surface area (Å²) < 4.78 is 13.5. The van der Waals surface area contributed by atoms with Crippen LogP contribution in [0.25, 0.3) is 0 Å². The molecule has 108 valence electrons. The van der Waals surface area contributed by atoms with Crippen LogP contribution in [0.2, 0.25) is 0 Å². The van der Waals surface area contributed by atoms with Crippen LogP contribution in [-0.2, 0) is 6.42 Å². The Kier molecular flexibility index (Phi) is 5.59. The highest BCUT2D eigenvalue weighted by atomic mass is 19.1. The lowest BCUT2D eigenvalue weighted by atomic mass is 9.78. The summed E-state index contributed by atoms with van der Waals surface area (Å²) >= 11 is 0. The van der Waals surface area contributed by atoms with Gasteiger partial charge in [-0.15, -0.1) is 0 Å². The molecule has 2 rings (SSSR count). The molecule has 0 aliphatic heterocycles. The number of benzene rings is 1. The maximum absolute atomic E-state index is 13.5. The van der Waals surface area contributed by atoms with Crippen molar-refractivity contribution in [2.45, 2.75) is 58.3 Å². The van der Waals surface area contributed by atoms with Gasteiger partial charge in [0.15, 0.2) is 0 Å². The molecule has 2 heteroatoms. The van der Waals surface area contributed by atoms with Crippen molar-refractivity contribution in [2.24, 2.45) is 11.8 Å². The second kappa shape index (κ2) is 7.43. The van der Waals surface area contributed by atoms with Gasteiger partial charge in [0.2, 0.25) is 0 Å². The van der Waals surface area contributed by atoms with E-state index in [9.17, 15) is 4.39 Å². The van der Waals surface area contributed by atoms with Gasteiger partial charge in [0.05, 0.1) is 5.56 Å². The van der Waals surface area contributed by atoms with Crippen molar-refractivity contribution in [1.29, 1.82) is 5.26 Å². The van der Waals surface area contributed by atoms with Gasteiger partial charge < -0.3 is 0 Å². The smallest absolute Gasteiger partial charge is 0.141 e. The highest BCUT2D eigenvalue weighted by Crippen LogP contribution is 2.33. The van der Waals surface area contributed by atoms with Crippen LogP contribution in [-0.4, -0.2) is 0 Å².